The minimum atomic E-state index is -3.50. The highest BCUT2D eigenvalue weighted by molar-refractivity contribution is 7.89. The maximum Gasteiger partial charge on any atom is 0.250 e. The number of hydrogen-bond acceptors (Lipinski definition) is 4. The standard InChI is InChI=1S/C20H25N3O4S/c1-16-5-7-18(8-6-16)28(26,27)23-14-9-17(10-15-23)21-19(24)11-13-22-12-3-2-4-20(22)25/h2-8,12,17H,9-11,13-15H2,1H3,(H,21,24). The van der Waals surface area contributed by atoms with Crippen LogP contribution in [0.25, 0.3) is 0 Å². The van der Waals surface area contributed by atoms with Crippen molar-refractivity contribution in [2.75, 3.05) is 13.1 Å². The van der Waals surface area contributed by atoms with E-state index in [0.717, 1.165) is 5.56 Å². The zero-order valence-electron chi connectivity index (χ0n) is 15.9. The van der Waals surface area contributed by atoms with Crippen molar-refractivity contribution in [3.63, 3.8) is 0 Å². The summed E-state index contributed by atoms with van der Waals surface area (Å²) in [6.07, 6.45) is 3.01. The first-order valence-corrected chi connectivity index (χ1v) is 10.8. The number of amides is 1. The smallest absolute Gasteiger partial charge is 0.250 e. The van der Waals surface area contributed by atoms with Gasteiger partial charge in [-0.3, -0.25) is 9.59 Å². The molecule has 1 saturated heterocycles. The molecule has 1 aliphatic rings. The summed E-state index contributed by atoms with van der Waals surface area (Å²) in [5, 5.41) is 2.95. The van der Waals surface area contributed by atoms with Gasteiger partial charge in [-0.25, -0.2) is 8.42 Å². The molecule has 0 radical (unpaired) electrons. The molecule has 0 unspecified atom stereocenters. The van der Waals surface area contributed by atoms with Crippen molar-refractivity contribution >= 4 is 15.9 Å². The summed E-state index contributed by atoms with van der Waals surface area (Å²) < 4.78 is 28.4. The molecule has 0 aliphatic carbocycles. The van der Waals surface area contributed by atoms with Crippen LogP contribution in [0.3, 0.4) is 0 Å². The molecule has 7 nitrogen and oxygen atoms in total. The number of carbonyl (C=O) groups excluding carboxylic acids is 1. The quantitative estimate of drug-likeness (QED) is 0.792. The molecule has 0 atom stereocenters. The van der Waals surface area contributed by atoms with Crippen molar-refractivity contribution < 1.29 is 13.2 Å². The molecule has 2 aromatic rings. The van der Waals surface area contributed by atoms with Crippen LogP contribution < -0.4 is 10.9 Å². The normalized spacial score (nSPS) is 16.0. The molecule has 0 spiro atoms. The van der Waals surface area contributed by atoms with E-state index in [0.29, 0.717) is 37.4 Å². The van der Waals surface area contributed by atoms with Gasteiger partial charge in [-0.15, -0.1) is 0 Å². The molecule has 0 saturated carbocycles. The van der Waals surface area contributed by atoms with Crippen molar-refractivity contribution in [2.45, 2.75) is 43.7 Å². The van der Waals surface area contributed by atoms with Crippen LogP contribution in [0.1, 0.15) is 24.8 Å². The Hall–Kier alpha value is -2.45. The number of nitrogens with zero attached hydrogens (tertiary/aromatic N) is 2. The molecule has 1 N–H and O–H groups in total. The monoisotopic (exact) mass is 403 g/mol. The van der Waals surface area contributed by atoms with Crippen molar-refractivity contribution in [2.24, 2.45) is 0 Å². The average molecular weight is 404 g/mol. The van der Waals surface area contributed by atoms with Gasteiger partial charge < -0.3 is 9.88 Å². The second-order valence-corrected chi connectivity index (χ2v) is 8.98. The van der Waals surface area contributed by atoms with Gasteiger partial charge in [-0.05, 0) is 38.0 Å². The molecule has 3 rings (SSSR count). The number of rotatable bonds is 6. The molecule has 8 heteroatoms. The number of piperidine rings is 1. The number of aryl methyl sites for hydroxylation is 2. The van der Waals surface area contributed by atoms with Crippen LogP contribution >= 0.6 is 0 Å². The second kappa shape index (κ2) is 8.70. The number of sulfonamides is 1. The van der Waals surface area contributed by atoms with Crippen LogP contribution in [0.2, 0.25) is 0 Å². The molecule has 1 aliphatic heterocycles. The lowest BCUT2D eigenvalue weighted by Crippen LogP contribution is -2.46. The molecule has 2 heterocycles. The van der Waals surface area contributed by atoms with Crippen molar-refractivity contribution in [1.82, 2.24) is 14.2 Å². The zero-order valence-corrected chi connectivity index (χ0v) is 16.7. The predicted octanol–water partition coefficient (Wildman–Crippen LogP) is 1.52. The molecule has 1 aromatic carbocycles. The van der Waals surface area contributed by atoms with Gasteiger partial charge in [0.1, 0.15) is 0 Å². The van der Waals surface area contributed by atoms with E-state index in [1.807, 2.05) is 6.92 Å². The molecule has 1 aromatic heterocycles. The fourth-order valence-electron chi connectivity index (χ4n) is 3.27. The highest BCUT2D eigenvalue weighted by Crippen LogP contribution is 2.21. The van der Waals surface area contributed by atoms with E-state index < -0.39 is 10.0 Å². The zero-order chi connectivity index (χ0) is 20.1. The maximum absolute atomic E-state index is 12.7. The third-order valence-corrected chi connectivity index (χ3v) is 6.87. The van der Waals surface area contributed by atoms with Crippen LogP contribution in [0.5, 0.6) is 0 Å². The highest BCUT2D eigenvalue weighted by Gasteiger charge is 2.29. The average Bonchev–Trinajstić information content (AvgIpc) is 2.68. The molecule has 0 bridgehead atoms. The fourth-order valence-corrected chi connectivity index (χ4v) is 4.74. The number of nitrogens with one attached hydrogen (secondary N) is 1. The third-order valence-electron chi connectivity index (χ3n) is 4.96. The first-order chi connectivity index (χ1) is 13.4. The van der Waals surface area contributed by atoms with E-state index in [4.69, 9.17) is 0 Å². The Balaban J connectivity index is 1.50. The van der Waals surface area contributed by atoms with Gasteiger partial charge in [0.15, 0.2) is 0 Å². The Bertz CT molecular complexity index is 975. The summed E-state index contributed by atoms with van der Waals surface area (Å²) in [5.74, 6) is -0.129. The summed E-state index contributed by atoms with van der Waals surface area (Å²) >= 11 is 0. The van der Waals surface area contributed by atoms with Crippen molar-refractivity contribution in [3.8, 4) is 0 Å². The van der Waals surface area contributed by atoms with E-state index >= 15 is 0 Å². The second-order valence-electron chi connectivity index (χ2n) is 7.04. The molecular formula is C20H25N3O4S. The number of carbonyl (C=O) groups is 1. The Morgan fingerprint density at radius 1 is 1.11 bits per heavy atom. The Labute approximate surface area is 165 Å². The van der Waals surface area contributed by atoms with E-state index in [-0.39, 0.29) is 23.9 Å². The van der Waals surface area contributed by atoms with Crippen LogP contribution in [0.15, 0.2) is 58.4 Å². The van der Waals surface area contributed by atoms with Gasteiger partial charge in [-0.1, -0.05) is 23.8 Å². The van der Waals surface area contributed by atoms with Gasteiger partial charge in [0.05, 0.1) is 4.90 Å². The SMILES string of the molecule is Cc1ccc(S(=O)(=O)N2CCC(NC(=O)CCn3ccccc3=O)CC2)cc1. The summed E-state index contributed by atoms with van der Waals surface area (Å²) in [6.45, 7) is 2.99. The van der Waals surface area contributed by atoms with Crippen molar-refractivity contribution in [1.29, 1.82) is 0 Å². The minimum absolute atomic E-state index is 0.0514. The minimum Gasteiger partial charge on any atom is -0.353 e. The van der Waals surface area contributed by atoms with Crippen LogP contribution in [-0.2, 0) is 21.4 Å². The highest BCUT2D eigenvalue weighted by atomic mass is 32.2. The topological polar surface area (TPSA) is 88.5 Å². The fraction of sp³-hybridized carbons (Fsp3) is 0.400. The molecule has 1 amide bonds. The van der Waals surface area contributed by atoms with Crippen LogP contribution in [0.4, 0.5) is 0 Å². The van der Waals surface area contributed by atoms with Gasteiger partial charge in [0.25, 0.3) is 5.56 Å². The van der Waals surface area contributed by atoms with E-state index in [1.165, 1.54) is 14.9 Å². The molecule has 28 heavy (non-hydrogen) atoms. The Morgan fingerprint density at radius 2 is 1.79 bits per heavy atom. The molecular weight excluding hydrogens is 378 g/mol. The summed E-state index contributed by atoms with van der Waals surface area (Å²) in [6, 6.07) is 11.7. The van der Waals surface area contributed by atoms with E-state index in [9.17, 15) is 18.0 Å². The number of hydrogen-bond donors (Lipinski definition) is 1. The van der Waals surface area contributed by atoms with Gasteiger partial charge in [0, 0.05) is 44.4 Å². The summed E-state index contributed by atoms with van der Waals surface area (Å²) in [7, 11) is -3.50. The van der Waals surface area contributed by atoms with Crippen LogP contribution in [-0.4, -0.2) is 42.3 Å². The van der Waals surface area contributed by atoms with Crippen molar-refractivity contribution in [3.05, 3.63) is 64.6 Å². The van der Waals surface area contributed by atoms with Crippen LogP contribution in [0, 0.1) is 6.92 Å². The van der Waals surface area contributed by atoms with E-state index in [1.54, 1.807) is 42.6 Å². The first-order valence-electron chi connectivity index (χ1n) is 9.38. The van der Waals surface area contributed by atoms with Gasteiger partial charge in [-0.2, -0.15) is 4.31 Å². The molecule has 150 valence electrons. The van der Waals surface area contributed by atoms with Gasteiger partial charge in [0.2, 0.25) is 15.9 Å². The lowest BCUT2D eigenvalue weighted by Gasteiger charge is -2.31. The largest absolute Gasteiger partial charge is 0.353 e. The van der Waals surface area contributed by atoms with E-state index in [2.05, 4.69) is 5.32 Å². The maximum atomic E-state index is 12.7. The lowest BCUT2D eigenvalue weighted by atomic mass is 10.1. The summed E-state index contributed by atoms with van der Waals surface area (Å²) in [4.78, 5) is 24.1. The lowest BCUT2D eigenvalue weighted by molar-refractivity contribution is -0.122. The third kappa shape index (κ3) is 4.88. The Morgan fingerprint density at radius 3 is 2.43 bits per heavy atom. The first kappa shape index (κ1) is 20.3. The summed E-state index contributed by atoms with van der Waals surface area (Å²) in [5.41, 5.74) is 0.878. The Kier molecular flexibility index (Phi) is 6.31. The number of benzene rings is 1. The number of aromatic nitrogens is 1. The number of pyridine rings is 1. The molecule has 1 fully saturated rings. The van der Waals surface area contributed by atoms with Gasteiger partial charge >= 0.3 is 0 Å². The predicted molar refractivity (Wildman–Crippen MR) is 106 cm³/mol.